The van der Waals surface area contributed by atoms with Gasteiger partial charge in [0.15, 0.2) is 0 Å². The molecule has 1 unspecified atom stereocenters. The van der Waals surface area contributed by atoms with Gasteiger partial charge in [-0.15, -0.1) is 0 Å². The van der Waals surface area contributed by atoms with Gasteiger partial charge < -0.3 is 9.84 Å². The van der Waals surface area contributed by atoms with Crippen LogP contribution in [0.5, 0.6) is 5.75 Å². The molecule has 2 nitrogen and oxygen atoms in total. The average Bonchev–Trinajstić information content (AvgIpc) is 2.53. The van der Waals surface area contributed by atoms with E-state index in [1.807, 2.05) is 13.0 Å². The Morgan fingerprint density at radius 1 is 0.909 bits per heavy atom. The first-order chi connectivity index (χ1) is 10.6. The zero-order chi connectivity index (χ0) is 15.5. The molecular formula is C20H20O2. The zero-order valence-corrected chi connectivity index (χ0v) is 12.9. The molecule has 0 heterocycles. The molecule has 2 heteroatoms. The number of fused-ring (bicyclic) bond motifs is 1. The van der Waals surface area contributed by atoms with Gasteiger partial charge in [0.05, 0.1) is 6.10 Å². The summed E-state index contributed by atoms with van der Waals surface area (Å²) in [5.74, 6) is 0.824. The molecule has 0 aromatic heterocycles. The second kappa shape index (κ2) is 6.20. The molecule has 0 aliphatic heterocycles. The predicted octanol–water partition coefficient (Wildman–Crippen LogP) is 4.57. The van der Waals surface area contributed by atoms with Crippen molar-refractivity contribution in [2.75, 3.05) is 6.61 Å². The largest absolute Gasteiger partial charge is 0.491 e. The summed E-state index contributed by atoms with van der Waals surface area (Å²) in [5.41, 5.74) is 3.45. The third kappa shape index (κ3) is 3.12. The highest BCUT2D eigenvalue weighted by Crippen LogP contribution is 2.28. The summed E-state index contributed by atoms with van der Waals surface area (Å²) in [4.78, 5) is 0. The second-order valence-corrected chi connectivity index (χ2v) is 5.70. The Labute approximate surface area is 131 Å². The van der Waals surface area contributed by atoms with E-state index in [0.29, 0.717) is 6.61 Å². The number of benzene rings is 3. The highest BCUT2D eigenvalue weighted by molar-refractivity contribution is 5.87. The maximum absolute atomic E-state index is 9.31. The lowest BCUT2D eigenvalue weighted by atomic mass is 10.00. The first-order valence-electron chi connectivity index (χ1n) is 7.54. The molecule has 22 heavy (non-hydrogen) atoms. The van der Waals surface area contributed by atoms with E-state index in [4.69, 9.17) is 4.74 Å². The van der Waals surface area contributed by atoms with Crippen LogP contribution in [0.1, 0.15) is 12.5 Å². The summed E-state index contributed by atoms with van der Waals surface area (Å²) in [6.45, 7) is 4.07. The first-order valence-corrected chi connectivity index (χ1v) is 7.54. The summed E-state index contributed by atoms with van der Waals surface area (Å²) in [5, 5.41) is 11.8. The molecule has 3 aromatic rings. The highest BCUT2D eigenvalue weighted by Gasteiger charge is 2.05. The van der Waals surface area contributed by atoms with Crippen LogP contribution in [0, 0.1) is 6.92 Å². The average molecular weight is 292 g/mol. The van der Waals surface area contributed by atoms with Gasteiger partial charge in [0.1, 0.15) is 12.4 Å². The molecule has 0 amide bonds. The van der Waals surface area contributed by atoms with Crippen molar-refractivity contribution >= 4 is 10.8 Å². The normalized spacial score (nSPS) is 12.3. The zero-order valence-electron chi connectivity index (χ0n) is 12.9. The van der Waals surface area contributed by atoms with E-state index < -0.39 is 6.10 Å². The van der Waals surface area contributed by atoms with E-state index in [2.05, 4.69) is 54.6 Å². The van der Waals surface area contributed by atoms with Gasteiger partial charge in [0.2, 0.25) is 0 Å². The van der Waals surface area contributed by atoms with Gasteiger partial charge in [-0.1, -0.05) is 42.5 Å². The standard InChI is InChI=1S/C20H20O2/c1-14-11-18(9-10-20(14)22-13-15(2)21)19-8-7-16-5-3-4-6-17(16)12-19/h3-12,15,21H,13H2,1-2H3. The van der Waals surface area contributed by atoms with Gasteiger partial charge in [-0.3, -0.25) is 0 Å². The highest BCUT2D eigenvalue weighted by atomic mass is 16.5. The van der Waals surface area contributed by atoms with Crippen LogP contribution in [0.4, 0.5) is 0 Å². The van der Waals surface area contributed by atoms with Crippen LogP contribution in [0.2, 0.25) is 0 Å². The van der Waals surface area contributed by atoms with E-state index in [1.54, 1.807) is 6.92 Å². The lowest BCUT2D eigenvalue weighted by Gasteiger charge is -2.12. The van der Waals surface area contributed by atoms with Crippen molar-refractivity contribution in [3.63, 3.8) is 0 Å². The fraction of sp³-hybridized carbons (Fsp3) is 0.200. The third-order valence-electron chi connectivity index (χ3n) is 3.74. The predicted molar refractivity (Wildman–Crippen MR) is 91.3 cm³/mol. The van der Waals surface area contributed by atoms with Crippen LogP contribution >= 0.6 is 0 Å². The van der Waals surface area contributed by atoms with E-state index in [0.717, 1.165) is 11.3 Å². The number of hydrogen-bond acceptors (Lipinski definition) is 2. The molecular weight excluding hydrogens is 272 g/mol. The van der Waals surface area contributed by atoms with Crippen molar-refractivity contribution in [1.29, 1.82) is 0 Å². The Hall–Kier alpha value is -2.32. The maximum Gasteiger partial charge on any atom is 0.122 e. The van der Waals surface area contributed by atoms with Crippen molar-refractivity contribution in [3.8, 4) is 16.9 Å². The third-order valence-corrected chi connectivity index (χ3v) is 3.74. The minimum Gasteiger partial charge on any atom is -0.491 e. The topological polar surface area (TPSA) is 29.5 Å². The Kier molecular flexibility index (Phi) is 4.12. The molecule has 0 spiro atoms. The first kappa shape index (κ1) is 14.6. The number of rotatable bonds is 4. The maximum atomic E-state index is 9.31. The lowest BCUT2D eigenvalue weighted by molar-refractivity contribution is 0.122. The number of aryl methyl sites for hydroxylation is 1. The monoisotopic (exact) mass is 292 g/mol. The van der Waals surface area contributed by atoms with Crippen LogP contribution in [0.25, 0.3) is 21.9 Å². The van der Waals surface area contributed by atoms with Crippen LogP contribution < -0.4 is 4.74 Å². The quantitative estimate of drug-likeness (QED) is 0.763. The summed E-state index contributed by atoms with van der Waals surface area (Å²) in [7, 11) is 0. The molecule has 0 saturated heterocycles. The fourth-order valence-corrected chi connectivity index (χ4v) is 2.57. The molecule has 0 fully saturated rings. The fourth-order valence-electron chi connectivity index (χ4n) is 2.57. The van der Waals surface area contributed by atoms with Crippen molar-refractivity contribution in [2.45, 2.75) is 20.0 Å². The molecule has 0 aliphatic carbocycles. The molecule has 1 N–H and O–H groups in total. The number of aliphatic hydroxyl groups is 1. The van der Waals surface area contributed by atoms with Gasteiger partial charge >= 0.3 is 0 Å². The molecule has 3 aromatic carbocycles. The molecule has 0 saturated carbocycles. The Balaban J connectivity index is 1.91. The van der Waals surface area contributed by atoms with E-state index in [1.165, 1.54) is 21.9 Å². The molecule has 3 rings (SSSR count). The SMILES string of the molecule is Cc1cc(-c2ccc3ccccc3c2)ccc1OCC(C)O. The minimum absolute atomic E-state index is 0.316. The van der Waals surface area contributed by atoms with Crippen molar-refractivity contribution in [1.82, 2.24) is 0 Å². The Morgan fingerprint density at radius 2 is 1.59 bits per heavy atom. The molecule has 0 aliphatic rings. The van der Waals surface area contributed by atoms with E-state index >= 15 is 0 Å². The molecule has 0 radical (unpaired) electrons. The summed E-state index contributed by atoms with van der Waals surface area (Å²) in [6, 6.07) is 21.0. The van der Waals surface area contributed by atoms with Crippen LogP contribution in [0.3, 0.4) is 0 Å². The number of hydrogen-bond donors (Lipinski definition) is 1. The molecule has 0 bridgehead atoms. The van der Waals surface area contributed by atoms with Crippen molar-refractivity contribution < 1.29 is 9.84 Å². The van der Waals surface area contributed by atoms with Gasteiger partial charge in [-0.2, -0.15) is 0 Å². The minimum atomic E-state index is -0.459. The van der Waals surface area contributed by atoms with Crippen molar-refractivity contribution in [3.05, 3.63) is 66.2 Å². The van der Waals surface area contributed by atoms with Crippen LogP contribution in [-0.4, -0.2) is 17.8 Å². The molecule has 112 valence electrons. The summed E-state index contributed by atoms with van der Waals surface area (Å²) < 4.78 is 5.61. The van der Waals surface area contributed by atoms with Crippen molar-refractivity contribution in [2.24, 2.45) is 0 Å². The van der Waals surface area contributed by atoms with Gasteiger partial charge in [0, 0.05) is 0 Å². The van der Waals surface area contributed by atoms with Gasteiger partial charge in [-0.05, 0) is 59.5 Å². The lowest BCUT2D eigenvalue weighted by Crippen LogP contribution is -2.13. The Bertz CT molecular complexity index is 791. The number of aliphatic hydroxyl groups excluding tert-OH is 1. The molecule has 1 atom stereocenters. The Morgan fingerprint density at radius 3 is 2.32 bits per heavy atom. The smallest absolute Gasteiger partial charge is 0.122 e. The van der Waals surface area contributed by atoms with Crippen LogP contribution in [-0.2, 0) is 0 Å². The van der Waals surface area contributed by atoms with E-state index in [9.17, 15) is 5.11 Å². The van der Waals surface area contributed by atoms with Gasteiger partial charge in [0.25, 0.3) is 0 Å². The van der Waals surface area contributed by atoms with Crippen LogP contribution in [0.15, 0.2) is 60.7 Å². The second-order valence-electron chi connectivity index (χ2n) is 5.70. The summed E-state index contributed by atoms with van der Waals surface area (Å²) >= 11 is 0. The van der Waals surface area contributed by atoms with Gasteiger partial charge in [-0.25, -0.2) is 0 Å². The number of ether oxygens (including phenoxy) is 1. The summed E-state index contributed by atoms with van der Waals surface area (Å²) in [6.07, 6.45) is -0.459. The van der Waals surface area contributed by atoms with E-state index in [-0.39, 0.29) is 0 Å².